The lowest BCUT2D eigenvalue weighted by atomic mass is 10.3. The van der Waals surface area contributed by atoms with Gasteiger partial charge in [-0.25, -0.2) is 8.42 Å². The normalized spacial score (nSPS) is 11.2. The predicted octanol–water partition coefficient (Wildman–Crippen LogP) is 2.66. The SMILES string of the molecule is O=S(=O)([N-]c1ncccn1)c1ccc(-n2cccc2)cc1. The summed E-state index contributed by atoms with van der Waals surface area (Å²) in [6, 6.07) is 11.8. The molecule has 0 saturated heterocycles. The topological polar surface area (TPSA) is 79.0 Å². The maximum absolute atomic E-state index is 12.1. The molecule has 7 heteroatoms. The molecule has 0 unspecified atom stereocenters. The van der Waals surface area contributed by atoms with Crippen molar-refractivity contribution in [3.63, 3.8) is 0 Å². The monoisotopic (exact) mass is 299 g/mol. The lowest BCUT2D eigenvalue weighted by Crippen LogP contribution is -2.00. The maximum atomic E-state index is 12.1. The quantitative estimate of drug-likeness (QED) is 0.742. The number of benzene rings is 1. The van der Waals surface area contributed by atoms with Gasteiger partial charge in [0.15, 0.2) is 0 Å². The third-order valence-electron chi connectivity index (χ3n) is 2.79. The molecule has 0 aliphatic rings. The van der Waals surface area contributed by atoms with Gasteiger partial charge in [-0.15, -0.1) is 0 Å². The number of hydrogen-bond donors (Lipinski definition) is 0. The highest BCUT2D eigenvalue weighted by Crippen LogP contribution is 2.24. The van der Waals surface area contributed by atoms with Crippen LogP contribution in [0.4, 0.5) is 5.95 Å². The molecular weight excluding hydrogens is 288 g/mol. The Morgan fingerprint density at radius 1 is 0.905 bits per heavy atom. The summed E-state index contributed by atoms with van der Waals surface area (Å²) in [5, 5.41) is 0. The van der Waals surface area contributed by atoms with Gasteiger partial charge in [0.2, 0.25) is 10.0 Å². The van der Waals surface area contributed by atoms with Crippen molar-refractivity contribution in [2.75, 3.05) is 0 Å². The van der Waals surface area contributed by atoms with Crippen LogP contribution in [0.2, 0.25) is 0 Å². The second-order valence-electron chi connectivity index (χ2n) is 4.20. The fourth-order valence-electron chi connectivity index (χ4n) is 1.80. The van der Waals surface area contributed by atoms with Crippen LogP contribution in [0, 0.1) is 0 Å². The summed E-state index contributed by atoms with van der Waals surface area (Å²) >= 11 is 0. The van der Waals surface area contributed by atoms with Crippen LogP contribution < -0.4 is 0 Å². The van der Waals surface area contributed by atoms with Gasteiger partial charge >= 0.3 is 0 Å². The van der Waals surface area contributed by atoms with E-state index < -0.39 is 10.0 Å². The molecule has 1 aromatic carbocycles. The van der Waals surface area contributed by atoms with Crippen molar-refractivity contribution < 1.29 is 8.42 Å². The molecule has 106 valence electrons. The highest BCUT2D eigenvalue weighted by atomic mass is 32.2. The summed E-state index contributed by atoms with van der Waals surface area (Å²) in [7, 11) is -3.81. The summed E-state index contributed by atoms with van der Waals surface area (Å²) in [5.41, 5.74) is 0.870. The Hall–Kier alpha value is -2.67. The summed E-state index contributed by atoms with van der Waals surface area (Å²) in [6.45, 7) is 0. The summed E-state index contributed by atoms with van der Waals surface area (Å²) in [5.74, 6) is -0.0769. The van der Waals surface area contributed by atoms with Gasteiger partial charge in [0.25, 0.3) is 0 Å². The molecule has 0 amide bonds. The van der Waals surface area contributed by atoms with Crippen LogP contribution in [0.25, 0.3) is 10.4 Å². The average Bonchev–Trinajstić information content (AvgIpc) is 3.02. The van der Waals surface area contributed by atoms with E-state index in [0.717, 1.165) is 5.69 Å². The minimum atomic E-state index is -3.81. The molecule has 6 nitrogen and oxygen atoms in total. The van der Waals surface area contributed by atoms with Crippen LogP contribution >= 0.6 is 0 Å². The minimum absolute atomic E-state index is 0.0769. The molecule has 3 rings (SSSR count). The Labute approximate surface area is 122 Å². The molecule has 0 bridgehead atoms. The van der Waals surface area contributed by atoms with E-state index in [4.69, 9.17) is 0 Å². The largest absolute Gasteiger partial charge is 0.366 e. The molecule has 0 fully saturated rings. The Morgan fingerprint density at radius 2 is 1.52 bits per heavy atom. The number of sulfonamides is 1. The van der Waals surface area contributed by atoms with Crippen molar-refractivity contribution in [2.45, 2.75) is 4.90 Å². The molecule has 0 saturated carbocycles. The highest BCUT2D eigenvalue weighted by Gasteiger charge is 2.11. The molecule has 0 spiro atoms. The lowest BCUT2D eigenvalue weighted by molar-refractivity contribution is 0.603. The second-order valence-corrected chi connectivity index (χ2v) is 5.80. The Bertz CT molecular complexity index is 813. The van der Waals surface area contributed by atoms with Gasteiger partial charge in [0.1, 0.15) is 0 Å². The van der Waals surface area contributed by atoms with Crippen LogP contribution in [-0.4, -0.2) is 23.0 Å². The second kappa shape index (κ2) is 5.37. The molecule has 2 aromatic heterocycles. The summed E-state index contributed by atoms with van der Waals surface area (Å²) in [4.78, 5) is 7.68. The van der Waals surface area contributed by atoms with E-state index in [9.17, 15) is 8.42 Å². The van der Waals surface area contributed by atoms with E-state index in [1.807, 2.05) is 29.1 Å². The molecular formula is C14H11N4O2S-. The number of aromatic nitrogens is 3. The van der Waals surface area contributed by atoms with Crippen molar-refractivity contribution in [1.29, 1.82) is 0 Å². The van der Waals surface area contributed by atoms with Crippen LogP contribution in [0.3, 0.4) is 0 Å². The maximum Gasteiger partial charge on any atom is 0.229 e. The van der Waals surface area contributed by atoms with E-state index >= 15 is 0 Å². The van der Waals surface area contributed by atoms with Gasteiger partial charge in [-0.05, 0) is 48.8 Å². The van der Waals surface area contributed by atoms with E-state index in [-0.39, 0.29) is 10.8 Å². The number of nitrogens with zero attached hydrogens (tertiary/aromatic N) is 4. The molecule has 0 N–H and O–H groups in total. The van der Waals surface area contributed by atoms with Crippen molar-refractivity contribution in [3.05, 3.63) is 72.0 Å². The van der Waals surface area contributed by atoms with Crippen LogP contribution in [0.1, 0.15) is 0 Å². The van der Waals surface area contributed by atoms with Gasteiger partial charge in [-0.3, -0.25) is 4.72 Å². The van der Waals surface area contributed by atoms with Crippen molar-refractivity contribution in [1.82, 2.24) is 14.5 Å². The molecule has 0 atom stereocenters. The van der Waals surface area contributed by atoms with Gasteiger partial charge in [-0.2, -0.15) is 0 Å². The Kier molecular flexibility index (Phi) is 3.41. The zero-order valence-electron chi connectivity index (χ0n) is 10.9. The van der Waals surface area contributed by atoms with Crippen molar-refractivity contribution in [2.24, 2.45) is 0 Å². The molecule has 21 heavy (non-hydrogen) atoms. The zero-order valence-corrected chi connectivity index (χ0v) is 11.7. The Balaban J connectivity index is 1.86. The van der Waals surface area contributed by atoms with Crippen LogP contribution in [0.15, 0.2) is 72.1 Å². The van der Waals surface area contributed by atoms with Gasteiger partial charge in [0, 0.05) is 24.0 Å². The zero-order chi connectivity index (χ0) is 14.7. The first-order valence-electron chi connectivity index (χ1n) is 6.14. The number of hydrogen-bond acceptors (Lipinski definition) is 4. The molecule has 0 radical (unpaired) electrons. The molecule has 0 aliphatic carbocycles. The Morgan fingerprint density at radius 3 is 2.14 bits per heavy atom. The molecule has 3 aromatic rings. The van der Waals surface area contributed by atoms with E-state index in [2.05, 4.69) is 14.7 Å². The third-order valence-corrected chi connectivity index (χ3v) is 4.06. The van der Waals surface area contributed by atoms with Crippen LogP contribution in [0.5, 0.6) is 0 Å². The molecule has 2 heterocycles. The number of rotatable bonds is 4. The first kappa shape index (κ1) is 13.3. The smallest absolute Gasteiger partial charge is 0.229 e. The fraction of sp³-hybridized carbons (Fsp3) is 0. The van der Waals surface area contributed by atoms with E-state index in [1.165, 1.54) is 24.5 Å². The average molecular weight is 299 g/mol. The van der Waals surface area contributed by atoms with Gasteiger partial charge in [0.05, 0.1) is 4.90 Å². The summed E-state index contributed by atoms with van der Waals surface area (Å²) in [6.07, 6.45) is 6.64. The van der Waals surface area contributed by atoms with Gasteiger partial charge < -0.3 is 14.5 Å². The van der Waals surface area contributed by atoms with E-state index in [0.29, 0.717) is 0 Å². The third kappa shape index (κ3) is 2.92. The fourth-order valence-corrected chi connectivity index (χ4v) is 2.69. The highest BCUT2D eigenvalue weighted by molar-refractivity contribution is 7.94. The van der Waals surface area contributed by atoms with Gasteiger partial charge in [-0.1, -0.05) is 6.07 Å². The standard InChI is InChI=1S/C14H11N4O2S/c19-21(20,17-14-15-8-3-9-16-14)13-6-4-12(5-7-13)18-10-1-2-11-18/h1-11H/q-1. The summed E-state index contributed by atoms with van der Waals surface area (Å²) < 4.78 is 29.8. The molecule has 0 aliphatic heterocycles. The van der Waals surface area contributed by atoms with Crippen molar-refractivity contribution >= 4 is 16.0 Å². The first-order valence-corrected chi connectivity index (χ1v) is 7.58. The van der Waals surface area contributed by atoms with Crippen molar-refractivity contribution in [3.8, 4) is 5.69 Å². The lowest BCUT2D eigenvalue weighted by Gasteiger charge is -2.12. The predicted molar refractivity (Wildman–Crippen MR) is 78.0 cm³/mol. The minimum Gasteiger partial charge on any atom is -0.366 e. The first-order chi connectivity index (χ1) is 10.1. The van der Waals surface area contributed by atoms with E-state index in [1.54, 1.807) is 18.2 Å². The van der Waals surface area contributed by atoms with Crippen LogP contribution in [-0.2, 0) is 10.0 Å².